The summed E-state index contributed by atoms with van der Waals surface area (Å²) in [4.78, 5) is 17.2. The Morgan fingerprint density at radius 3 is 2.52 bits per heavy atom. The molecule has 3 rings (SSSR count). The lowest BCUT2D eigenvalue weighted by atomic mass is 10.2. The number of methoxy groups -OCH3 is 1. The smallest absolute Gasteiger partial charge is 0.356 e. The van der Waals surface area contributed by atoms with Gasteiger partial charge >= 0.3 is 5.97 Å². The fourth-order valence-electron chi connectivity index (χ4n) is 2.91. The molecule has 0 fully saturated rings. The molecule has 1 heterocycles. The summed E-state index contributed by atoms with van der Waals surface area (Å²) in [7, 11) is 1.35. The molecule has 2 aromatic carbocycles. The number of hydrogen-bond donors (Lipinski definition) is 0. The highest BCUT2D eigenvalue weighted by atomic mass is 35.5. The summed E-state index contributed by atoms with van der Waals surface area (Å²) in [5.41, 5.74) is 2.61. The third-order valence-electron chi connectivity index (χ3n) is 4.17. The zero-order valence-electron chi connectivity index (χ0n) is 14.8. The molecule has 0 aliphatic heterocycles. The van der Waals surface area contributed by atoms with E-state index in [0.717, 1.165) is 11.1 Å². The van der Waals surface area contributed by atoms with E-state index in [0.29, 0.717) is 45.2 Å². The predicted octanol–water partition coefficient (Wildman–Crippen LogP) is 5.91. The maximum atomic E-state index is 12.5. The Morgan fingerprint density at radius 2 is 1.85 bits per heavy atom. The topological polar surface area (TPSA) is 44.1 Å². The van der Waals surface area contributed by atoms with Crippen LogP contribution >= 0.6 is 34.8 Å². The van der Waals surface area contributed by atoms with Gasteiger partial charge in [0.25, 0.3) is 0 Å². The highest BCUT2D eigenvalue weighted by Gasteiger charge is 2.24. The molecule has 0 atom stereocenters. The number of rotatable bonds is 5. The normalized spacial score (nSPS) is 10.9. The van der Waals surface area contributed by atoms with Gasteiger partial charge in [0, 0.05) is 20.6 Å². The fraction of sp³-hybridized carbons (Fsp3) is 0.200. The fourth-order valence-corrected chi connectivity index (χ4v) is 3.47. The SMILES string of the molecule is CCc1nc(-c2cccc(Cl)c2)n(Cc2cc(Cl)ccc2Cl)c1C(=O)OC. The maximum absolute atomic E-state index is 12.5. The van der Waals surface area contributed by atoms with Crippen LogP contribution < -0.4 is 0 Å². The third-order valence-corrected chi connectivity index (χ3v) is 5.01. The lowest BCUT2D eigenvalue weighted by Gasteiger charge is -2.13. The van der Waals surface area contributed by atoms with Gasteiger partial charge in [-0.2, -0.15) is 0 Å². The first-order chi connectivity index (χ1) is 12.9. The molecule has 0 aliphatic carbocycles. The van der Waals surface area contributed by atoms with E-state index in [-0.39, 0.29) is 0 Å². The van der Waals surface area contributed by atoms with Crippen LogP contribution in [-0.2, 0) is 17.7 Å². The van der Waals surface area contributed by atoms with Gasteiger partial charge in [0.15, 0.2) is 5.69 Å². The van der Waals surface area contributed by atoms with Gasteiger partial charge in [-0.15, -0.1) is 0 Å². The molecule has 0 aliphatic rings. The van der Waals surface area contributed by atoms with Crippen LogP contribution in [0.4, 0.5) is 0 Å². The average Bonchev–Trinajstić information content (AvgIpc) is 3.02. The van der Waals surface area contributed by atoms with E-state index >= 15 is 0 Å². The summed E-state index contributed by atoms with van der Waals surface area (Å²) in [5.74, 6) is 0.163. The molecule has 0 radical (unpaired) electrons. The van der Waals surface area contributed by atoms with Gasteiger partial charge in [0.2, 0.25) is 0 Å². The lowest BCUT2D eigenvalue weighted by molar-refractivity contribution is 0.0588. The van der Waals surface area contributed by atoms with E-state index in [4.69, 9.17) is 39.5 Å². The number of imidazole rings is 1. The van der Waals surface area contributed by atoms with Crippen molar-refractivity contribution in [3.8, 4) is 11.4 Å². The van der Waals surface area contributed by atoms with Gasteiger partial charge in [-0.25, -0.2) is 9.78 Å². The summed E-state index contributed by atoms with van der Waals surface area (Å²) >= 11 is 18.6. The monoisotopic (exact) mass is 422 g/mol. The maximum Gasteiger partial charge on any atom is 0.356 e. The molecule has 140 valence electrons. The van der Waals surface area contributed by atoms with E-state index in [1.54, 1.807) is 34.9 Å². The van der Waals surface area contributed by atoms with Crippen molar-refractivity contribution in [2.75, 3.05) is 7.11 Å². The summed E-state index contributed by atoms with van der Waals surface area (Å²) in [6.45, 7) is 2.26. The van der Waals surface area contributed by atoms with Crippen molar-refractivity contribution in [2.24, 2.45) is 0 Å². The number of aryl methyl sites for hydroxylation is 1. The van der Waals surface area contributed by atoms with Crippen molar-refractivity contribution in [3.63, 3.8) is 0 Å². The molecule has 0 spiro atoms. The van der Waals surface area contributed by atoms with Gasteiger partial charge in [-0.1, -0.05) is 53.9 Å². The summed E-state index contributed by atoms with van der Waals surface area (Å²) < 4.78 is 6.80. The van der Waals surface area contributed by atoms with Crippen LogP contribution in [0.2, 0.25) is 15.1 Å². The van der Waals surface area contributed by atoms with Crippen molar-refractivity contribution in [1.29, 1.82) is 0 Å². The number of carbonyl (C=O) groups excluding carboxylic acids is 1. The number of ether oxygens (including phenoxy) is 1. The number of benzene rings is 2. The van der Waals surface area contributed by atoms with Crippen LogP contribution in [-0.4, -0.2) is 22.6 Å². The van der Waals surface area contributed by atoms with E-state index in [1.165, 1.54) is 7.11 Å². The highest BCUT2D eigenvalue weighted by Crippen LogP contribution is 2.29. The Bertz CT molecular complexity index is 999. The minimum Gasteiger partial charge on any atom is -0.464 e. The molecular formula is C20H17Cl3N2O2. The zero-order chi connectivity index (χ0) is 19.6. The minimum atomic E-state index is -0.453. The lowest BCUT2D eigenvalue weighted by Crippen LogP contribution is -2.14. The van der Waals surface area contributed by atoms with Crippen LogP contribution in [0.1, 0.15) is 28.7 Å². The zero-order valence-corrected chi connectivity index (χ0v) is 17.1. The number of esters is 1. The molecule has 0 unspecified atom stereocenters. The van der Waals surface area contributed by atoms with Crippen molar-refractivity contribution in [3.05, 3.63) is 74.5 Å². The van der Waals surface area contributed by atoms with Crippen molar-refractivity contribution < 1.29 is 9.53 Å². The van der Waals surface area contributed by atoms with Gasteiger partial charge in [0.1, 0.15) is 5.82 Å². The molecule has 3 aromatic rings. The first-order valence-corrected chi connectivity index (χ1v) is 9.45. The average molecular weight is 424 g/mol. The van der Waals surface area contributed by atoms with Gasteiger partial charge in [0.05, 0.1) is 19.3 Å². The largest absolute Gasteiger partial charge is 0.464 e. The second-order valence-electron chi connectivity index (χ2n) is 5.91. The molecule has 0 saturated heterocycles. The Labute approximate surface area is 172 Å². The molecule has 1 aromatic heterocycles. The van der Waals surface area contributed by atoms with Crippen LogP contribution in [0.15, 0.2) is 42.5 Å². The highest BCUT2D eigenvalue weighted by molar-refractivity contribution is 6.33. The van der Waals surface area contributed by atoms with Gasteiger partial charge in [-0.05, 0) is 42.3 Å². The van der Waals surface area contributed by atoms with E-state index in [9.17, 15) is 4.79 Å². The van der Waals surface area contributed by atoms with Crippen molar-refractivity contribution in [1.82, 2.24) is 9.55 Å². The van der Waals surface area contributed by atoms with Crippen LogP contribution in [0.5, 0.6) is 0 Å². The summed E-state index contributed by atoms with van der Waals surface area (Å²) in [5, 5.41) is 1.70. The molecule has 0 saturated carbocycles. The van der Waals surface area contributed by atoms with E-state index in [2.05, 4.69) is 4.98 Å². The first-order valence-electron chi connectivity index (χ1n) is 8.32. The first kappa shape index (κ1) is 19.7. The number of aromatic nitrogens is 2. The minimum absolute atomic E-state index is 0.318. The number of hydrogen-bond acceptors (Lipinski definition) is 3. The van der Waals surface area contributed by atoms with Gasteiger partial charge in [-0.3, -0.25) is 0 Å². The standard InChI is InChI=1S/C20H17Cl3N2O2/c1-3-17-18(20(26)27-2)25(11-13-10-15(22)7-8-16(13)23)19(24-17)12-5-4-6-14(21)9-12/h4-10H,3,11H2,1-2H3. The number of nitrogens with zero attached hydrogens (tertiary/aromatic N) is 2. The predicted molar refractivity (Wildman–Crippen MR) is 109 cm³/mol. The summed E-state index contributed by atoms with van der Waals surface area (Å²) in [6, 6.07) is 12.6. The molecule has 0 amide bonds. The number of halogens is 3. The molecule has 4 nitrogen and oxygen atoms in total. The van der Waals surface area contributed by atoms with Crippen LogP contribution in [0, 0.1) is 0 Å². The molecule has 7 heteroatoms. The van der Waals surface area contributed by atoms with E-state index in [1.807, 2.05) is 19.1 Å². The summed E-state index contributed by atoms with van der Waals surface area (Å²) in [6.07, 6.45) is 0.578. The second kappa shape index (κ2) is 8.34. The second-order valence-corrected chi connectivity index (χ2v) is 7.19. The molecular weight excluding hydrogens is 407 g/mol. The number of carbonyl (C=O) groups is 1. The van der Waals surface area contributed by atoms with Crippen molar-refractivity contribution in [2.45, 2.75) is 19.9 Å². The quantitative estimate of drug-likeness (QED) is 0.479. The molecule has 27 heavy (non-hydrogen) atoms. The van der Waals surface area contributed by atoms with Crippen molar-refractivity contribution >= 4 is 40.8 Å². The van der Waals surface area contributed by atoms with Crippen LogP contribution in [0.3, 0.4) is 0 Å². The third kappa shape index (κ3) is 4.13. The molecule has 0 N–H and O–H groups in total. The van der Waals surface area contributed by atoms with Crippen LogP contribution in [0.25, 0.3) is 11.4 Å². The van der Waals surface area contributed by atoms with Gasteiger partial charge < -0.3 is 9.30 Å². The Kier molecular flexibility index (Phi) is 6.10. The Balaban J connectivity index is 2.23. The Hall–Kier alpha value is -2.01. The Morgan fingerprint density at radius 1 is 1.11 bits per heavy atom. The molecule has 0 bridgehead atoms. The van der Waals surface area contributed by atoms with E-state index < -0.39 is 5.97 Å².